The minimum Gasteiger partial charge on any atom is -0.455 e. The highest BCUT2D eigenvalue weighted by Crippen LogP contribution is 2.39. The van der Waals surface area contributed by atoms with E-state index < -0.39 is 12.2 Å². The molecule has 0 aliphatic heterocycles. The molecule has 230 valence electrons. The lowest BCUT2D eigenvalue weighted by Gasteiger charge is -2.29. The molecule has 0 aromatic heterocycles. The molecular formula is C38H54O4. The SMILES string of the molecule is CCCCC1CCC(c2ccc(C(=O)OC(C)C(C)OC(=O)c3ccc(C4CCC(CCCC)CC4)cc3)cc2)CC1. The van der Waals surface area contributed by atoms with Gasteiger partial charge in [-0.2, -0.15) is 0 Å². The van der Waals surface area contributed by atoms with Gasteiger partial charge in [-0.1, -0.05) is 76.6 Å². The molecule has 0 amide bonds. The minimum atomic E-state index is -0.554. The van der Waals surface area contributed by atoms with Gasteiger partial charge in [0.15, 0.2) is 0 Å². The summed E-state index contributed by atoms with van der Waals surface area (Å²) in [7, 11) is 0. The summed E-state index contributed by atoms with van der Waals surface area (Å²) in [4.78, 5) is 25.7. The zero-order chi connectivity index (χ0) is 29.9. The van der Waals surface area contributed by atoms with Crippen LogP contribution in [0.1, 0.15) is 161 Å². The fraction of sp³-hybridized carbons (Fsp3) is 0.632. The van der Waals surface area contributed by atoms with Gasteiger partial charge in [0.2, 0.25) is 0 Å². The Morgan fingerprint density at radius 2 is 0.929 bits per heavy atom. The quantitative estimate of drug-likeness (QED) is 0.223. The van der Waals surface area contributed by atoms with Crippen molar-refractivity contribution in [3.05, 3.63) is 70.8 Å². The third-order valence-corrected chi connectivity index (χ3v) is 10.1. The van der Waals surface area contributed by atoms with E-state index in [0.29, 0.717) is 23.0 Å². The molecular weight excluding hydrogens is 520 g/mol. The molecule has 2 aliphatic carbocycles. The van der Waals surface area contributed by atoms with E-state index in [1.54, 1.807) is 13.8 Å². The summed E-state index contributed by atoms with van der Waals surface area (Å²) in [6.07, 6.45) is 17.1. The number of esters is 2. The topological polar surface area (TPSA) is 52.6 Å². The van der Waals surface area contributed by atoms with E-state index in [9.17, 15) is 9.59 Å². The Kier molecular flexibility index (Phi) is 12.5. The Labute approximate surface area is 255 Å². The van der Waals surface area contributed by atoms with Crippen molar-refractivity contribution in [2.75, 3.05) is 0 Å². The summed E-state index contributed by atoms with van der Waals surface area (Å²) in [5.41, 5.74) is 3.72. The first-order valence-corrected chi connectivity index (χ1v) is 17.0. The van der Waals surface area contributed by atoms with Gasteiger partial charge >= 0.3 is 11.9 Å². The van der Waals surface area contributed by atoms with Gasteiger partial charge in [-0.05, 0) is 124 Å². The van der Waals surface area contributed by atoms with Crippen LogP contribution < -0.4 is 0 Å². The molecule has 2 aliphatic rings. The zero-order valence-electron chi connectivity index (χ0n) is 26.6. The van der Waals surface area contributed by atoms with Crippen LogP contribution in [0.4, 0.5) is 0 Å². The predicted octanol–water partition coefficient (Wildman–Crippen LogP) is 10.4. The van der Waals surface area contributed by atoms with Crippen molar-refractivity contribution in [1.82, 2.24) is 0 Å². The molecule has 0 saturated heterocycles. The average molecular weight is 575 g/mol. The van der Waals surface area contributed by atoms with Crippen molar-refractivity contribution in [1.29, 1.82) is 0 Å². The van der Waals surface area contributed by atoms with E-state index in [4.69, 9.17) is 9.47 Å². The molecule has 0 spiro atoms. The van der Waals surface area contributed by atoms with Gasteiger partial charge in [0.05, 0.1) is 11.1 Å². The van der Waals surface area contributed by atoms with E-state index in [2.05, 4.69) is 38.1 Å². The normalized spacial score (nSPS) is 24.0. The molecule has 2 atom stereocenters. The first-order chi connectivity index (χ1) is 20.4. The van der Waals surface area contributed by atoms with Crippen molar-refractivity contribution in [3.8, 4) is 0 Å². The summed E-state index contributed by atoms with van der Waals surface area (Å²) in [5.74, 6) is 2.19. The lowest BCUT2D eigenvalue weighted by molar-refractivity contribution is -0.0239. The van der Waals surface area contributed by atoms with Crippen molar-refractivity contribution in [3.63, 3.8) is 0 Å². The van der Waals surface area contributed by atoms with Crippen molar-refractivity contribution < 1.29 is 19.1 Å². The fourth-order valence-electron chi connectivity index (χ4n) is 7.00. The molecule has 2 aromatic carbocycles. The van der Waals surface area contributed by atoms with E-state index in [-0.39, 0.29) is 11.9 Å². The number of carbonyl (C=O) groups excluding carboxylic acids is 2. The molecule has 0 heterocycles. The first-order valence-electron chi connectivity index (χ1n) is 17.0. The second kappa shape index (κ2) is 16.3. The van der Waals surface area contributed by atoms with Crippen LogP contribution in [0.2, 0.25) is 0 Å². The van der Waals surface area contributed by atoms with Crippen LogP contribution in [0.5, 0.6) is 0 Å². The van der Waals surface area contributed by atoms with Crippen molar-refractivity contribution in [2.45, 2.75) is 142 Å². The van der Waals surface area contributed by atoms with Crippen LogP contribution >= 0.6 is 0 Å². The van der Waals surface area contributed by atoms with E-state index in [0.717, 1.165) is 11.8 Å². The van der Waals surface area contributed by atoms with Gasteiger partial charge in [0.1, 0.15) is 12.2 Å². The number of hydrogen-bond acceptors (Lipinski definition) is 4. The highest BCUT2D eigenvalue weighted by molar-refractivity contribution is 5.90. The maximum atomic E-state index is 12.8. The smallest absolute Gasteiger partial charge is 0.338 e. The van der Waals surface area contributed by atoms with Crippen LogP contribution in [0, 0.1) is 11.8 Å². The van der Waals surface area contributed by atoms with Crippen molar-refractivity contribution in [2.24, 2.45) is 11.8 Å². The molecule has 4 nitrogen and oxygen atoms in total. The van der Waals surface area contributed by atoms with Crippen LogP contribution in [-0.4, -0.2) is 24.1 Å². The fourth-order valence-corrected chi connectivity index (χ4v) is 7.00. The van der Waals surface area contributed by atoms with E-state index >= 15 is 0 Å². The maximum Gasteiger partial charge on any atom is 0.338 e. The third-order valence-electron chi connectivity index (χ3n) is 10.1. The highest BCUT2D eigenvalue weighted by Gasteiger charge is 2.25. The summed E-state index contributed by atoms with van der Waals surface area (Å²) in [6, 6.07) is 15.9. The zero-order valence-corrected chi connectivity index (χ0v) is 26.6. The number of benzene rings is 2. The Bertz CT molecular complexity index is 999. The summed E-state index contributed by atoms with van der Waals surface area (Å²) < 4.78 is 11.4. The molecule has 0 N–H and O–H groups in total. The first kappa shape index (κ1) is 32.3. The molecule has 42 heavy (non-hydrogen) atoms. The van der Waals surface area contributed by atoms with Gasteiger partial charge in [-0.25, -0.2) is 9.59 Å². The van der Waals surface area contributed by atoms with Crippen LogP contribution in [-0.2, 0) is 9.47 Å². The van der Waals surface area contributed by atoms with Gasteiger partial charge < -0.3 is 9.47 Å². The summed E-state index contributed by atoms with van der Waals surface area (Å²) in [5, 5.41) is 0. The van der Waals surface area contributed by atoms with Crippen LogP contribution in [0.3, 0.4) is 0 Å². The maximum absolute atomic E-state index is 12.8. The van der Waals surface area contributed by atoms with Gasteiger partial charge in [-0.15, -0.1) is 0 Å². The lowest BCUT2D eigenvalue weighted by Crippen LogP contribution is -2.30. The largest absolute Gasteiger partial charge is 0.455 e. The van der Waals surface area contributed by atoms with E-state index in [1.165, 1.54) is 101 Å². The number of rotatable bonds is 13. The average Bonchev–Trinajstić information content (AvgIpc) is 3.03. The number of hydrogen-bond donors (Lipinski definition) is 0. The molecule has 2 unspecified atom stereocenters. The molecule has 4 rings (SSSR count). The van der Waals surface area contributed by atoms with Gasteiger partial charge in [0.25, 0.3) is 0 Å². The molecule has 4 heteroatoms. The van der Waals surface area contributed by atoms with Crippen LogP contribution in [0.25, 0.3) is 0 Å². The third kappa shape index (κ3) is 9.19. The molecule has 2 aromatic rings. The number of ether oxygens (including phenoxy) is 2. The molecule has 2 fully saturated rings. The second-order valence-electron chi connectivity index (χ2n) is 13.2. The molecule has 2 saturated carbocycles. The van der Waals surface area contributed by atoms with E-state index in [1.807, 2.05) is 24.3 Å². The monoisotopic (exact) mass is 574 g/mol. The standard InChI is InChI=1S/C38H54O4/c1-5-7-9-29-11-15-31(16-12-29)33-19-23-35(24-20-33)37(39)41-27(3)28(4)42-38(40)36-25-21-34(22-26-36)32-17-13-30(14-18-32)10-8-6-2/h19-32H,5-18H2,1-4H3. The molecule has 0 radical (unpaired) electrons. The van der Waals surface area contributed by atoms with Crippen molar-refractivity contribution >= 4 is 11.9 Å². The second-order valence-corrected chi connectivity index (χ2v) is 13.2. The van der Waals surface area contributed by atoms with Gasteiger partial charge in [0, 0.05) is 0 Å². The Balaban J connectivity index is 1.21. The lowest BCUT2D eigenvalue weighted by atomic mass is 9.77. The minimum absolute atomic E-state index is 0.381. The van der Waals surface area contributed by atoms with Crippen LogP contribution in [0.15, 0.2) is 48.5 Å². The summed E-state index contributed by atoms with van der Waals surface area (Å²) >= 11 is 0. The Hall–Kier alpha value is -2.62. The highest BCUT2D eigenvalue weighted by atomic mass is 16.6. The molecule has 0 bridgehead atoms. The summed E-state index contributed by atoms with van der Waals surface area (Å²) in [6.45, 7) is 8.10. The Morgan fingerprint density at radius 1 is 0.595 bits per heavy atom. The number of unbranched alkanes of at least 4 members (excludes halogenated alkanes) is 2. The van der Waals surface area contributed by atoms with Gasteiger partial charge in [-0.3, -0.25) is 0 Å². The number of carbonyl (C=O) groups is 2. The predicted molar refractivity (Wildman–Crippen MR) is 171 cm³/mol. The Morgan fingerprint density at radius 3 is 1.24 bits per heavy atom.